The zero-order valence-corrected chi connectivity index (χ0v) is 16.5. The van der Waals surface area contributed by atoms with Crippen LogP contribution in [0.5, 0.6) is 0 Å². The molecule has 1 unspecified atom stereocenters. The largest absolute Gasteiger partial charge is 0.321 e. The van der Waals surface area contributed by atoms with Crippen LogP contribution in [0.1, 0.15) is 12.5 Å². The maximum absolute atomic E-state index is 13.5. The summed E-state index contributed by atoms with van der Waals surface area (Å²) in [6.45, 7) is 1.86. The van der Waals surface area contributed by atoms with Crippen LogP contribution in [0.25, 0.3) is 6.08 Å². The van der Waals surface area contributed by atoms with Crippen molar-refractivity contribution in [2.24, 2.45) is 0 Å². The van der Waals surface area contributed by atoms with E-state index in [1.165, 1.54) is 6.08 Å². The zero-order valence-electron chi connectivity index (χ0n) is 14.1. The molecule has 0 fully saturated rings. The van der Waals surface area contributed by atoms with Gasteiger partial charge in [0, 0.05) is 11.4 Å². The van der Waals surface area contributed by atoms with Crippen molar-refractivity contribution < 1.29 is 13.9 Å². The predicted molar refractivity (Wildman–Crippen MR) is 108 cm³/mol. The van der Waals surface area contributed by atoms with E-state index < -0.39 is 13.3 Å². The van der Waals surface area contributed by atoms with Crippen molar-refractivity contribution >= 4 is 47.9 Å². The van der Waals surface area contributed by atoms with Gasteiger partial charge in [-0.25, -0.2) is 0 Å². The van der Waals surface area contributed by atoms with Gasteiger partial charge >= 0.3 is 0 Å². The molecule has 0 bridgehead atoms. The monoisotopic (exact) mass is 409 g/mol. The third-order valence-electron chi connectivity index (χ3n) is 3.35. The Labute approximate surface area is 162 Å². The fourth-order valence-electron chi connectivity index (χ4n) is 2.20. The van der Waals surface area contributed by atoms with Crippen molar-refractivity contribution in [3.63, 3.8) is 0 Å². The van der Waals surface area contributed by atoms with Crippen molar-refractivity contribution in [3.05, 3.63) is 82.2 Å². The second-order valence-electron chi connectivity index (χ2n) is 5.15. The Morgan fingerprint density at radius 2 is 1.65 bits per heavy atom. The van der Waals surface area contributed by atoms with E-state index >= 15 is 0 Å². The molecule has 1 amide bonds. The van der Waals surface area contributed by atoms with Crippen LogP contribution in [0.2, 0.25) is 0 Å². The summed E-state index contributed by atoms with van der Waals surface area (Å²) in [4.78, 5) is 12.3. The number of amides is 1. The molecule has 0 heterocycles. The maximum atomic E-state index is 13.5. The first kappa shape index (κ1) is 20.5. The smallest absolute Gasteiger partial charge is 0.279 e. The number of halogens is 2. The third-order valence-corrected chi connectivity index (χ3v) is 6.51. The maximum Gasteiger partial charge on any atom is 0.279 e. The Hall–Kier alpha value is -1.84. The first-order valence-electron chi connectivity index (χ1n) is 7.87. The summed E-state index contributed by atoms with van der Waals surface area (Å²) in [6.07, 6.45) is 2.94. The van der Waals surface area contributed by atoms with Gasteiger partial charge in [-0.05, 0) is 30.7 Å². The Bertz CT molecular complexity index is 848. The molecule has 7 heteroatoms. The highest BCUT2D eigenvalue weighted by atomic mass is 35.5. The number of hydrogen-bond donors (Lipinski definition) is 1. The van der Waals surface area contributed by atoms with E-state index in [1.807, 2.05) is 30.3 Å². The summed E-state index contributed by atoms with van der Waals surface area (Å²) in [5, 5.41) is 2.90. The Morgan fingerprint density at radius 3 is 2.19 bits per heavy atom. The van der Waals surface area contributed by atoms with Crippen molar-refractivity contribution in [3.8, 4) is 0 Å². The number of carbonyl (C=O) groups excluding carboxylic acids is 1. The second-order valence-corrected chi connectivity index (χ2v) is 8.42. The van der Waals surface area contributed by atoms with Gasteiger partial charge in [-0.1, -0.05) is 71.7 Å². The molecule has 2 aromatic carbocycles. The molecular weight excluding hydrogens is 392 g/mol. The van der Waals surface area contributed by atoms with Gasteiger partial charge in [-0.15, -0.1) is 0 Å². The topological polar surface area (TPSA) is 55.4 Å². The van der Waals surface area contributed by atoms with Gasteiger partial charge in [0.05, 0.1) is 6.61 Å². The molecule has 0 aliphatic carbocycles. The van der Waals surface area contributed by atoms with Gasteiger partial charge in [0.1, 0.15) is 9.93 Å². The quantitative estimate of drug-likeness (QED) is 0.513. The van der Waals surface area contributed by atoms with Gasteiger partial charge in [-0.3, -0.25) is 9.36 Å². The van der Waals surface area contributed by atoms with Crippen LogP contribution in [0, 0.1) is 0 Å². The van der Waals surface area contributed by atoms with Crippen LogP contribution in [-0.2, 0) is 13.9 Å². The van der Waals surface area contributed by atoms with Crippen molar-refractivity contribution in [2.45, 2.75) is 6.92 Å². The standard InChI is InChI=1S/C19H18Cl2NO3P/c1-2-25-26(24,16-11-7-4-8-12-16)19(18(20)21)22-17(23)14-13-15-9-5-3-6-10-15/h3-14H,2H2,1H3,(H,22,23). The normalized spacial score (nSPS) is 13.2. The molecule has 0 radical (unpaired) electrons. The summed E-state index contributed by atoms with van der Waals surface area (Å²) < 4.78 is 18.7. The number of nitrogens with one attached hydrogen (secondary N) is 1. The lowest BCUT2D eigenvalue weighted by Gasteiger charge is -2.21. The minimum atomic E-state index is -3.64. The molecule has 2 aromatic rings. The molecule has 4 nitrogen and oxygen atoms in total. The fourth-order valence-corrected chi connectivity index (χ4v) is 4.91. The van der Waals surface area contributed by atoms with Crippen molar-refractivity contribution in [2.75, 3.05) is 6.61 Å². The Morgan fingerprint density at radius 1 is 1.08 bits per heavy atom. The molecule has 0 saturated carbocycles. The summed E-state index contributed by atoms with van der Waals surface area (Å²) in [5.74, 6) is -0.515. The first-order valence-corrected chi connectivity index (χ1v) is 10.3. The van der Waals surface area contributed by atoms with E-state index in [-0.39, 0.29) is 16.5 Å². The summed E-state index contributed by atoms with van der Waals surface area (Å²) in [5.41, 5.74) is 0.706. The lowest BCUT2D eigenvalue weighted by Crippen LogP contribution is -2.25. The van der Waals surface area contributed by atoms with E-state index in [0.29, 0.717) is 5.30 Å². The molecule has 1 N–H and O–H groups in total. The minimum absolute atomic E-state index is 0.142. The van der Waals surface area contributed by atoms with Crippen molar-refractivity contribution in [1.82, 2.24) is 5.32 Å². The molecule has 136 valence electrons. The molecule has 26 heavy (non-hydrogen) atoms. The van der Waals surface area contributed by atoms with E-state index in [2.05, 4.69) is 5.32 Å². The first-order chi connectivity index (χ1) is 12.5. The number of hydrogen-bond acceptors (Lipinski definition) is 3. The average molecular weight is 410 g/mol. The highest BCUT2D eigenvalue weighted by Crippen LogP contribution is 2.54. The number of carbonyl (C=O) groups is 1. The molecule has 0 aliphatic rings. The van der Waals surface area contributed by atoms with Crippen LogP contribution in [0.15, 0.2) is 76.7 Å². The molecular formula is C19H18Cl2NO3P. The van der Waals surface area contributed by atoms with Crippen LogP contribution in [-0.4, -0.2) is 12.5 Å². The van der Waals surface area contributed by atoms with Gasteiger partial charge in [0.2, 0.25) is 5.91 Å². The fraction of sp³-hybridized carbons (Fsp3) is 0.105. The lowest BCUT2D eigenvalue weighted by molar-refractivity contribution is -0.115. The highest BCUT2D eigenvalue weighted by molar-refractivity contribution is 7.71. The van der Waals surface area contributed by atoms with E-state index in [0.717, 1.165) is 5.56 Å². The van der Waals surface area contributed by atoms with E-state index in [9.17, 15) is 9.36 Å². The Kier molecular flexibility index (Phi) is 7.67. The minimum Gasteiger partial charge on any atom is -0.321 e. The van der Waals surface area contributed by atoms with E-state index in [4.69, 9.17) is 27.7 Å². The van der Waals surface area contributed by atoms with Gasteiger partial charge in [-0.2, -0.15) is 0 Å². The highest BCUT2D eigenvalue weighted by Gasteiger charge is 2.34. The predicted octanol–water partition coefficient (Wildman–Crippen LogP) is 5.06. The van der Waals surface area contributed by atoms with Crippen LogP contribution >= 0.6 is 30.6 Å². The van der Waals surface area contributed by atoms with Gasteiger partial charge in [0.25, 0.3) is 7.37 Å². The average Bonchev–Trinajstić information content (AvgIpc) is 2.66. The summed E-state index contributed by atoms with van der Waals surface area (Å²) in [7, 11) is -3.64. The molecule has 0 aromatic heterocycles. The molecule has 1 atom stereocenters. The summed E-state index contributed by atoms with van der Waals surface area (Å²) >= 11 is 11.9. The van der Waals surface area contributed by atoms with Gasteiger partial charge in [0.15, 0.2) is 0 Å². The summed E-state index contributed by atoms with van der Waals surface area (Å²) in [6, 6.07) is 17.8. The molecule has 0 saturated heterocycles. The third kappa shape index (κ3) is 5.33. The molecule has 0 spiro atoms. The van der Waals surface area contributed by atoms with Crippen LogP contribution in [0.3, 0.4) is 0 Å². The lowest BCUT2D eigenvalue weighted by atomic mass is 10.2. The second kappa shape index (κ2) is 9.75. The Balaban J connectivity index is 2.30. The molecule has 0 aliphatic heterocycles. The van der Waals surface area contributed by atoms with Gasteiger partial charge < -0.3 is 9.84 Å². The number of rotatable bonds is 7. The number of benzene rings is 2. The molecule has 2 rings (SSSR count). The zero-order chi connectivity index (χ0) is 19.0. The SMILES string of the molecule is CCOP(=O)(C(NC(=O)C=Cc1ccccc1)=C(Cl)Cl)c1ccccc1. The van der Waals surface area contributed by atoms with Crippen LogP contribution < -0.4 is 10.6 Å². The van der Waals surface area contributed by atoms with E-state index in [1.54, 1.807) is 43.3 Å². The van der Waals surface area contributed by atoms with Crippen LogP contribution in [0.4, 0.5) is 0 Å². The van der Waals surface area contributed by atoms with Crippen molar-refractivity contribution in [1.29, 1.82) is 0 Å².